The van der Waals surface area contributed by atoms with Crippen LogP contribution in [0, 0.1) is 5.92 Å². The Bertz CT molecular complexity index is 1200. The van der Waals surface area contributed by atoms with Crippen LogP contribution in [0.5, 0.6) is 5.88 Å². The maximum absolute atomic E-state index is 11.9. The Morgan fingerprint density at radius 2 is 1.77 bits per heavy atom. The van der Waals surface area contributed by atoms with Crippen LogP contribution >= 0.6 is 0 Å². The highest BCUT2D eigenvalue weighted by molar-refractivity contribution is 6.18. The first-order chi connectivity index (χ1) is 14.2. The number of carbonyl (C=O) groups excluding carboxylic acids is 3. The first-order valence-electron chi connectivity index (χ1n) is 8.48. The zero-order valence-corrected chi connectivity index (χ0v) is 15.5. The van der Waals surface area contributed by atoms with Crippen LogP contribution in [0.3, 0.4) is 0 Å². The quantitative estimate of drug-likeness (QED) is 0.290. The molecule has 0 aliphatic carbocycles. The van der Waals surface area contributed by atoms with E-state index in [4.69, 9.17) is 0 Å². The highest BCUT2D eigenvalue weighted by Gasteiger charge is 2.36. The van der Waals surface area contributed by atoms with Gasteiger partial charge in [-0.3, -0.25) is 40.0 Å². The zero-order valence-electron chi connectivity index (χ0n) is 15.5. The van der Waals surface area contributed by atoms with Crippen LogP contribution in [-0.4, -0.2) is 38.6 Å². The third-order valence-electron chi connectivity index (χ3n) is 4.08. The summed E-state index contributed by atoms with van der Waals surface area (Å²) >= 11 is 0. The van der Waals surface area contributed by atoms with Crippen LogP contribution in [0.1, 0.15) is 12.5 Å². The number of carbonyl (C=O) groups is 3. The fourth-order valence-corrected chi connectivity index (χ4v) is 2.81. The van der Waals surface area contributed by atoms with Gasteiger partial charge in [0.05, 0.1) is 11.4 Å². The first-order valence-corrected chi connectivity index (χ1v) is 8.48. The summed E-state index contributed by atoms with van der Waals surface area (Å²) in [6.07, 6.45) is 0. The predicted molar refractivity (Wildman–Crippen MR) is 106 cm³/mol. The van der Waals surface area contributed by atoms with E-state index in [0.29, 0.717) is 11.4 Å². The molecule has 2 aromatic rings. The number of nitrogens with zero attached hydrogens (tertiary/aromatic N) is 1. The number of urea groups is 1. The third-order valence-corrected chi connectivity index (χ3v) is 4.08. The van der Waals surface area contributed by atoms with Crippen LogP contribution in [0.4, 0.5) is 16.2 Å². The van der Waals surface area contributed by atoms with Crippen LogP contribution in [0.2, 0.25) is 0 Å². The molecule has 12 heteroatoms. The number of imide groups is 2. The molecule has 1 aliphatic rings. The number of H-pyrrole nitrogens is 2. The molecule has 4 amide bonds. The Balaban J connectivity index is 1.84. The Labute approximate surface area is 167 Å². The minimum Gasteiger partial charge on any atom is -0.494 e. The van der Waals surface area contributed by atoms with Gasteiger partial charge in [0.1, 0.15) is 5.56 Å². The van der Waals surface area contributed by atoms with Gasteiger partial charge >= 0.3 is 11.7 Å². The number of aromatic nitrogens is 2. The van der Waals surface area contributed by atoms with Crippen molar-refractivity contribution in [3.8, 4) is 5.88 Å². The average molecular weight is 412 g/mol. The molecule has 0 unspecified atom stereocenters. The van der Waals surface area contributed by atoms with Gasteiger partial charge in [0.2, 0.25) is 17.7 Å². The summed E-state index contributed by atoms with van der Waals surface area (Å²) in [4.78, 5) is 66.4. The number of aromatic hydroxyl groups is 1. The van der Waals surface area contributed by atoms with Crippen molar-refractivity contribution < 1.29 is 19.5 Å². The molecule has 1 aromatic carbocycles. The number of aliphatic imine (C=N–C) groups is 1. The molecule has 1 aromatic heterocycles. The van der Waals surface area contributed by atoms with Gasteiger partial charge in [-0.15, -0.1) is 0 Å². The maximum atomic E-state index is 11.9. The molecular weight excluding hydrogens is 396 g/mol. The van der Waals surface area contributed by atoms with Crippen LogP contribution in [0.15, 0.2) is 51.1 Å². The molecule has 0 atom stereocenters. The normalized spacial score (nSPS) is 14.8. The molecule has 0 spiro atoms. The van der Waals surface area contributed by atoms with E-state index in [1.165, 1.54) is 13.0 Å². The minimum atomic E-state index is -1.31. The standard InChI is InChI=1S/C18H16N6O6/c1-7(11-13(25)21-17(29)22-14(11)26)19-9-4-3-5-10(6-9)20-8(2)12-15(27)23-18(30)24-16(12)28/h3-6,11,19H,1H2,2H3,(H2,21,22,25,26,29)(H3,23,24,27,28,30). The highest BCUT2D eigenvalue weighted by atomic mass is 16.3. The summed E-state index contributed by atoms with van der Waals surface area (Å²) in [5, 5.41) is 16.6. The number of amides is 4. The summed E-state index contributed by atoms with van der Waals surface area (Å²) in [7, 11) is 0. The molecule has 2 heterocycles. The van der Waals surface area contributed by atoms with Crippen LogP contribution in [0.25, 0.3) is 0 Å². The van der Waals surface area contributed by atoms with Gasteiger partial charge in [0, 0.05) is 11.4 Å². The van der Waals surface area contributed by atoms with E-state index in [0.717, 1.165) is 0 Å². The van der Waals surface area contributed by atoms with Gasteiger partial charge in [0.15, 0.2) is 5.92 Å². The second-order valence-corrected chi connectivity index (χ2v) is 6.27. The second kappa shape index (κ2) is 7.87. The van der Waals surface area contributed by atoms with Crippen molar-refractivity contribution in [3.05, 3.63) is 62.9 Å². The molecule has 0 radical (unpaired) electrons. The van der Waals surface area contributed by atoms with Gasteiger partial charge < -0.3 is 10.4 Å². The lowest BCUT2D eigenvalue weighted by Crippen LogP contribution is -2.56. The minimum absolute atomic E-state index is 0.0325. The molecule has 154 valence electrons. The van der Waals surface area contributed by atoms with E-state index >= 15 is 0 Å². The number of anilines is 1. The number of nitrogens with one attached hydrogen (secondary N) is 5. The number of rotatable bonds is 5. The van der Waals surface area contributed by atoms with E-state index in [1.54, 1.807) is 18.2 Å². The summed E-state index contributed by atoms with van der Waals surface area (Å²) in [5.41, 5.74) is -0.900. The number of barbiturate groups is 1. The van der Waals surface area contributed by atoms with E-state index in [9.17, 15) is 29.1 Å². The molecule has 1 saturated heterocycles. The third kappa shape index (κ3) is 4.16. The molecule has 12 nitrogen and oxygen atoms in total. The Morgan fingerprint density at radius 1 is 1.10 bits per heavy atom. The second-order valence-electron chi connectivity index (χ2n) is 6.27. The molecule has 3 rings (SSSR count). The predicted octanol–water partition coefficient (Wildman–Crippen LogP) is -0.183. The van der Waals surface area contributed by atoms with E-state index in [-0.39, 0.29) is 17.0 Å². The number of hydrogen-bond acceptors (Lipinski definition) is 8. The largest absolute Gasteiger partial charge is 0.494 e. The fraction of sp³-hybridized carbons (Fsp3) is 0.111. The van der Waals surface area contributed by atoms with Gasteiger partial charge in [-0.05, 0) is 25.1 Å². The van der Waals surface area contributed by atoms with Gasteiger partial charge in [-0.1, -0.05) is 12.6 Å². The number of benzene rings is 1. The molecular formula is C18H16N6O6. The average Bonchev–Trinajstić information content (AvgIpc) is 2.60. The van der Waals surface area contributed by atoms with Crippen molar-refractivity contribution in [3.63, 3.8) is 0 Å². The van der Waals surface area contributed by atoms with Gasteiger partial charge in [-0.2, -0.15) is 0 Å². The summed E-state index contributed by atoms with van der Waals surface area (Å²) in [6.45, 7) is 5.14. The topological polar surface area (TPSA) is 186 Å². The van der Waals surface area contributed by atoms with Crippen molar-refractivity contribution in [1.29, 1.82) is 0 Å². The van der Waals surface area contributed by atoms with Crippen molar-refractivity contribution in [2.45, 2.75) is 6.92 Å². The molecule has 6 N–H and O–H groups in total. The number of hydrogen-bond donors (Lipinski definition) is 6. The lowest BCUT2D eigenvalue weighted by atomic mass is 10.0. The summed E-state index contributed by atoms with van der Waals surface area (Å²) in [5.74, 6) is -3.54. The Morgan fingerprint density at radius 3 is 2.40 bits per heavy atom. The Hall–Kier alpha value is -4.48. The highest BCUT2D eigenvalue weighted by Crippen LogP contribution is 2.23. The van der Waals surface area contributed by atoms with Crippen molar-refractivity contribution in [1.82, 2.24) is 20.6 Å². The summed E-state index contributed by atoms with van der Waals surface area (Å²) in [6, 6.07) is 5.47. The lowest BCUT2D eigenvalue weighted by molar-refractivity contribution is -0.134. The van der Waals surface area contributed by atoms with E-state index in [2.05, 4.69) is 21.9 Å². The molecule has 0 saturated carbocycles. The summed E-state index contributed by atoms with van der Waals surface area (Å²) < 4.78 is 0. The van der Waals surface area contributed by atoms with Crippen molar-refractivity contribution >= 4 is 34.9 Å². The molecule has 1 aliphatic heterocycles. The van der Waals surface area contributed by atoms with Crippen molar-refractivity contribution in [2.75, 3.05) is 5.32 Å². The zero-order chi connectivity index (χ0) is 22.0. The molecule has 0 bridgehead atoms. The maximum Gasteiger partial charge on any atom is 0.328 e. The SMILES string of the molecule is C=C(Nc1cccc(N=C(C)c2c(O)[nH]c(=O)[nH]c2=O)c1)C1C(=O)NC(=O)NC1=O. The van der Waals surface area contributed by atoms with Crippen molar-refractivity contribution in [2.24, 2.45) is 10.9 Å². The smallest absolute Gasteiger partial charge is 0.328 e. The number of aromatic amines is 2. The van der Waals surface area contributed by atoms with E-state index in [1.807, 2.05) is 15.6 Å². The lowest BCUT2D eigenvalue weighted by Gasteiger charge is -2.23. The van der Waals surface area contributed by atoms with Crippen LogP contribution in [-0.2, 0) is 9.59 Å². The fourth-order valence-electron chi connectivity index (χ4n) is 2.81. The van der Waals surface area contributed by atoms with Crippen LogP contribution < -0.4 is 27.2 Å². The molecule has 1 fully saturated rings. The van der Waals surface area contributed by atoms with Gasteiger partial charge in [0.25, 0.3) is 5.56 Å². The molecule has 30 heavy (non-hydrogen) atoms. The first kappa shape index (κ1) is 20.3. The van der Waals surface area contributed by atoms with Gasteiger partial charge in [-0.25, -0.2) is 9.59 Å². The monoisotopic (exact) mass is 412 g/mol. The Kier molecular flexibility index (Phi) is 5.31. The van der Waals surface area contributed by atoms with E-state index < -0.39 is 40.9 Å².